The van der Waals surface area contributed by atoms with Gasteiger partial charge in [0.2, 0.25) is 5.91 Å². The van der Waals surface area contributed by atoms with Crippen molar-refractivity contribution < 1.29 is 14.5 Å². The summed E-state index contributed by atoms with van der Waals surface area (Å²) in [4.78, 5) is 22.7. The second-order valence-corrected chi connectivity index (χ2v) is 8.17. The van der Waals surface area contributed by atoms with Gasteiger partial charge in [-0.05, 0) is 61.7 Å². The Morgan fingerprint density at radius 1 is 1.36 bits per heavy atom. The van der Waals surface area contributed by atoms with E-state index in [1.165, 1.54) is 56.5 Å². The summed E-state index contributed by atoms with van der Waals surface area (Å²) in [6, 6.07) is 0. The number of hydrogen-bond acceptors (Lipinski definition) is 5. The fraction of sp³-hybridized carbons (Fsp3) is 0.765. The third-order valence-electron chi connectivity index (χ3n) is 6.23. The molecule has 4 saturated carbocycles. The summed E-state index contributed by atoms with van der Waals surface area (Å²) in [5.41, 5.74) is 0.0504. The molecule has 1 amide bonds. The van der Waals surface area contributed by atoms with Crippen LogP contribution in [0, 0.1) is 33.3 Å². The lowest BCUT2D eigenvalue weighted by atomic mass is 9.49. The maximum absolute atomic E-state index is 12.3. The van der Waals surface area contributed by atoms with E-state index in [1.807, 2.05) is 0 Å². The van der Waals surface area contributed by atoms with Gasteiger partial charge in [0.1, 0.15) is 12.7 Å². The van der Waals surface area contributed by atoms with Crippen molar-refractivity contribution in [1.29, 1.82) is 0 Å². The molecule has 1 aromatic rings. The topological polar surface area (TPSA) is 99.3 Å². The maximum atomic E-state index is 12.3. The molecule has 4 aliphatic carbocycles. The number of nitrogens with zero attached hydrogens (tertiary/aromatic N) is 3. The molecule has 4 fully saturated rings. The normalized spacial score (nSPS) is 32.6. The average Bonchev–Trinajstić information content (AvgIpc) is 2.95. The van der Waals surface area contributed by atoms with Gasteiger partial charge >= 0.3 is 11.6 Å². The summed E-state index contributed by atoms with van der Waals surface area (Å²) in [6.07, 6.45) is 9.09. The molecule has 8 nitrogen and oxygen atoms in total. The van der Waals surface area contributed by atoms with E-state index in [-0.39, 0.29) is 29.4 Å². The van der Waals surface area contributed by atoms with Gasteiger partial charge in [-0.25, -0.2) is 0 Å². The summed E-state index contributed by atoms with van der Waals surface area (Å²) in [5.74, 6) is 2.32. The van der Waals surface area contributed by atoms with Crippen LogP contribution in [0.25, 0.3) is 0 Å². The van der Waals surface area contributed by atoms with Crippen molar-refractivity contribution in [2.45, 2.75) is 45.1 Å². The van der Waals surface area contributed by atoms with Crippen LogP contribution in [0.3, 0.4) is 0 Å². The summed E-state index contributed by atoms with van der Waals surface area (Å²) < 4.78 is 6.16. The summed E-state index contributed by atoms with van der Waals surface area (Å²) in [7, 11) is 1.33. The van der Waals surface area contributed by atoms with Gasteiger partial charge in [-0.15, -0.1) is 5.10 Å². The molecule has 0 atom stereocenters. The number of nitrogens with one attached hydrogen (secondary N) is 1. The van der Waals surface area contributed by atoms with Crippen molar-refractivity contribution in [1.82, 2.24) is 15.1 Å². The minimum absolute atomic E-state index is 0.0312. The second kappa shape index (κ2) is 6.00. The fourth-order valence-corrected chi connectivity index (χ4v) is 5.74. The van der Waals surface area contributed by atoms with E-state index in [9.17, 15) is 14.9 Å². The molecular formula is C17H24N4O4. The molecule has 0 aromatic carbocycles. The van der Waals surface area contributed by atoms with Crippen LogP contribution in [0.5, 0.6) is 5.88 Å². The van der Waals surface area contributed by atoms with Crippen LogP contribution < -0.4 is 10.1 Å². The highest BCUT2D eigenvalue weighted by Gasteiger charge is 2.50. The van der Waals surface area contributed by atoms with E-state index in [2.05, 4.69) is 10.4 Å². The predicted molar refractivity (Wildman–Crippen MR) is 89.0 cm³/mol. The molecule has 0 radical (unpaired) electrons. The number of carbonyl (C=O) groups excluding carboxylic acids is 1. The molecule has 1 N–H and O–H groups in total. The molecule has 4 bridgehead atoms. The van der Waals surface area contributed by atoms with Gasteiger partial charge in [0.25, 0.3) is 0 Å². The van der Waals surface area contributed by atoms with Gasteiger partial charge in [-0.3, -0.25) is 19.6 Å². The molecule has 8 heteroatoms. The van der Waals surface area contributed by atoms with Crippen LogP contribution in [0.15, 0.2) is 6.20 Å². The largest absolute Gasteiger partial charge is 0.475 e. The van der Waals surface area contributed by atoms with Gasteiger partial charge in [-0.2, -0.15) is 0 Å². The molecule has 0 spiro atoms. The number of ether oxygens (including phenoxy) is 1. The van der Waals surface area contributed by atoms with Gasteiger partial charge in [0.05, 0.1) is 12.0 Å². The van der Waals surface area contributed by atoms with E-state index in [0.717, 1.165) is 24.3 Å². The van der Waals surface area contributed by atoms with E-state index < -0.39 is 4.92 Å². The Morgan fingerprint density at radius 2 is 1.96 bits per heavy atom. The van der Waals surface area contributed by atoms with Crippen LogP contribution in [-0.4, -0.2) is 34.3 Å². The van der Waals surface area contributed by atoms with Crippen LogP contribution >= 0.6 is 0 Å². The van der Waals surface area contributed by atoms with Gasteiger partial charge < -0.3 is 10.1 Å². The van der Waals surface area contributed by atoms with E-state index in [4.69, 9.17) is 4.74 Å². The van der Waals surface area contributed by atoms with E-state index in [1.54, 1.807) is 0 Å². The molecular weight excluding hydrogens is 324 g/mol. The molecule has 4 aliphatic rings. The quantitative estimate of drug-likeness (QED) is 0.627. The molecule has 136 valence electrons. The van der Waals surface area contributed by atoms with Crippen molar-refractivity contribution in [3.8, 4) is 5.88 Å². The van der Waals surface area contributed by atoms with Crippen LogP contribution in [0.4, 0.5) is 5.69 Å². The first kappa shape index (κ1) is 16.4. The first-order valence-corrected chi connectivity index (χ1v) is 8.99. The summed E-state index contributed by atoms with van der Waals surface area (Å²) >= 11 is 0. The molecule has 0 aliphatic heterocycles. The Hall–Kier alpha value is -2.12. The minimum Gasteiger partial charge on any atom is -0.475 e. The highest BCUT2D eigenvalue weighted by Crippen LogP contribution is 2.59. The highest BCUT2D eigenvalue weighted by molar-refractivity contribution is 5.75. The maximum Gasteiger partial charge on any atom is 0.350 e. The highest BCUT2D eigenvalue weighted by atomic mass is 16.6. The van der Waals surface area contributed by atoms with Crippen LogP contribution in [-0.2, 0) is 11.3 Å². The van der Waals surface area contributed by atoms with Crippen molar-refractivity contribution in [2.75, 3.05) is 13.7 Å². The molecule has 1 aromatic heterocycles. The number of amides is 1. The monoisotopic (exact) mass is 348 g/mol. The van der Waals surface area contributed by atoms with Crippen LogP contribution in [0.1, 0.15) is 38.5 Å². The lowest BCUT2D eigenvalue weighted by molar-refractivity contribution is -0.385. The Labute approximate surface area is 146 Å². The Bertz CT molecular complexity index is 664. The van der Waals surface area contributed by atoms with Gasteiger partial charge in [0, 0.05) is 6.54 Å². The number of hydrogen-bond donors (Lipinski definition) is 1. The van der Waals surface area contributed by atoms with Crippen LogP contribution in [0.2, 0.25) is 0 Å². The second-order valence-electron chi connectivity index (χ2n) is 8.17. The Balaban J connectivity index is 1.36. The van der Waals surface area contributed by atoms with E-state index in [0.29, 0.717) is 0 Å². The first-order valence-electron chi connectivity index (χ1n) is 8.99. The molecule has 0 unspecified atom stereocenters. The lowest BCUT2D eigenvalue weighted by Crippen LogP contribution is -2.51. The Kier molecular flexibility index (Phi) is 3.92. The zero-order valence-corrected chi connectivity index (χ0v) is 14.4. The number of aromatic nitrogens is 2. The zero-order chi connectivity index (χ0) is 17.6. The smallest absolute Gasteiger partial charge is 0.350 e. The fourth-order valence-electron chi connectivity index (χ4n) is 5.74. The zero-order valence-electron chi connectivity index (χ0n) is 14.4. The van der Waals surface area contributed by atoms with Crippen molar-refractivity contribution >= 4 is 11.6 Å². The Morgan fingerprint density at radius 3 is 2.44 bits per heavy atom. The summed E-state index contributed by atoms with van der Waals surface area (Å²) in [5, 5.41) is 17.9. The minimum atomic E-state index is -0.560. The van der Waals surface area contributed by atoms with E-state index >= 15 is 0 Å². The number of nitro groups is 1. The number of methoxy groups -OCH3 is 1. The number of rotatable bonds is 6. The van der Waals surface area contributed by atoms with Gasteiger partial charge in [0.15, 0.2) is 0 Å². The van der Waals surface area contributed by atoms with Crippen molar-refractivity contribution in [2.24, 2.45) is 23.2 Å². The predicted octanol–water partition coefficient (Wildman–Crippen LogP) is 2.13. The molecule has 25 heavy (non-hydrogen) atoms. The SMILES string of the molecule is COc1nn(CC(=O)NCC23CC4CC(CC(C4)C2)C3)cc1[N+](=O)[O-]. The third kappa shape index (κ3) is 3.09. The number of carbonyl (C=O) groups is 1. The standard InChI is InChI=1S/C17H24N4O4/c1-25-16-14(21(23)24)8-20(19-16)9-15(22)18-10-17-5-11-2-12(6-17)4-13(3-11)7-17/h8,11-13H,2-7,9-10H2,1H3,(H,18,22). The molecule has 0 saturated heterocycles. The third-order valence-corrected chi connectivity index (χ3v) is 6.23. The average molecular weight is 348 g/mol. The lowest BCUT2D eigenvalue weighted by Gasteiger charge is -2.56. The van der Waals surface area contributed by atoms with Crippen molar-refractivity contribution in [3.05, 3.63) is 16.3 Å². The summed E-state index contributed by atoms with van der Waals surface area (Å²) in [6.45, 7) is 0.687. The van der Waals surface area contributed by atoms with Gasteiger partial charge in [-0.1, -0.05) is 0 Å². The molecule has 5 rings (SSSR count). The molecule has 1 heterocycles. The first-order chi connectivity index (χ1) is 12.0. The van der Waals surface area contributed by atoms with Crippen molar-refractivity contribution in [3.63, 3.8) is 0 Å².